The first-order valence-corrected chi connectivity index (χ1v) is 7.76. The van der Waals surface area contributed by atoms with Gasteiger partial charge in [-0.25, -0.2) is 23.6 Å². The number of nitrogens with one attached hydrogen (secondary N) is 2. The van der Waals surface area contributed by atoms with Gasteiger partial charge in [0.2, 0.25) is 0 Å². The summed E-state index contributed by atoms with van der Waals surface area (Å²) in [5.74, 6) is -5.56. The number of carbonyl (C=O) groups is 1. The second-order valence-corrected chi connectivity index (χ2v) is 5.57. The fourth-order valence-corrected chi connectivity index (χ4v) is 2.17. The summed E-state index contributed by atoms with van der Waals surface area (Å²) in [5, 5.41) is 11.2. The van der Waals surface area contributed by atoms with Gasteiger partial charge in [-0.15, -0.1) is 0 Å². The van der Waals surface area contributed by atoms with Gasteiger partial charge in [0.15, 0.2) is 17.5 Å². The van der Waals surface area contributed by atoms with Crippen LogP contribution in [0.5, 0.6) is 0 Å². The molecule has 0 atom stereocenters. The van der Waals surface area contributed by atoms with E-state index in [0.29, 0.717) is 11.6 Å². The van der Waals surface area contributed by atoms with Crippen LogP contribution in [-0.4, -0.2) is 29.2 Å². The fraction of sp³-hybridized carbons (Fsp3) is 0.294. The lowest BCUT2D eigenvalue weighted by molar-refractivity contribution is 0.0262. The summed E-state index contributed by atoms with van der Waals surface area (Å²) in [6, 6.07) is 2.32. The van der Waals surface area contributed by atoms with Gasteiger partial charge in [-0.05, 0) is 37.5 Å². The number of benzene rings is 1. The first-order valence-electron chi connectivity index (χ1n) is 7.76. The number of hydroxylamine groups is 1. The SMILES string of the molecule is Cc1cnc(Nc2c(C(=O)NOCCCO)cc(F)c(F)c2F)c(C)c1. The summed E-state index contributed by atoms with van der Waals surface area (Å²) in [6.07, 6.45) is 1.76. The van der Waals surface area contributed by atoms with E-state index in [-0.39, 0.29) is 25.5 Å². The van der Waals surface area contributed by atoms with Gasteiger partial charge in [0.05, 0.1) is 17.9 Å². The van der Waals surface area contributed by atoms with Crippen LogP contribution in [0.1, 0.15) is 27.9 Å². The summed E-state index contributed by atoms with van der Waals surface area (Å²) in [4.78, 5) is 21.0. The van der Waals surface area contributed by atoms with E-state index in [9.17, 15) is 18.0 Å². The highest BCUT2D eigenvalue weighted by atomic mass is 19.2. The van der Waals surface area contributed by atoms with Crippen LogP contribution < -0.4 is 10.8 Å². The van der Waals surface area contributed by atoms with E-state index < -0.39 is 34.6 Å². The number of aliphatic hydroxyl groups excluding tert-OH is 1. The van der Waals surface area contributed by atoms with Gasteiger partial charge in [-0.3, -0.25) is 9.63 Å². The summed E-state index contributed by atoms with van der Waals surface area (Å²) in [5.41, 5.74) is 2.41. The molecule has 0 aliphatic carbocycles. The zero-order valence-corrected chi connectivity index (χ0v) is 14.2. The summed E-state index contributed by atoms with van der Waals surface area (Å²) in [7, 11) is 0. The first kappa shape index (κ1) is 19.7. The first-order chi connectivity index (χ1) is 12.3. The molecule has 1 aromatic carbocycles. The number of pyridine rings is 1. The molecule has 0 aliphatic rings. The Bertz CT molecular complexity index is 816. The number of halogens is 3. The number of rotatable bonds is 7. The quantitative estimate of drug-likeness (QED) is 0.397. The van der Waals surface area contributed by atoms with Crippen molar-refractivity contribution in [2.75, 3.05) is 18.5 Å². The molecule has 0 radical (unpaired) electrons. The van der Waals surface area contributed by atoms with Crippen LogP contribution in [0.3, 0.4) is 0 Å². The van der Waals surface area contributed by atoms with Crippen molar-refractivity contribution in [3.05, 3.63) is 52.5 Å². The Balaban J connectivity index is 2.36. The van der Waals surface area contributed by atoms with Crippen LogP contribution in [0.25, 0.3) is 0 Å². The third-order valence-electron chi connectivity index (χ3n) is 3.43. The maximum atomic E-state index is 14.3. The summed E-state index contributed by atoms with van der Waals surface area (Å²) >= 11 is 0. The zero-order chi connectivity index (χ0) is 19.3. The molecule has 140 valence electrons. The van der Waals surface area contributed by atoms with Crippen LogP contribution in [0.15, 0.2) is 18.3 Å². The number of hydrogen-bond donors (Lipinski definition) is 3. The standard InChI is InChI=1S/C17H18F3N3O3/c1-9-6-10(2)16(21-8-9)22-15-11(7-12(18)13(19)14(15)20)17(25)23-26-5-3-4-24/h6-8,24H,3-5H2,1-2H3,(H,21,22)(H,23,25). The molecule has 1 heterocycles. The number of nitrogens with zero attached hydrogens (tertiary/aromatic N) is 1. The van der Waals surface area contributed by atoms with E-state index in [1.54, 1.807) is 13.0 Å². The van der Waals surface area contributed by atoms with Gasteiger partial charge in [0.1, 0.15) is 5.82 Å². The molecular formula is C17H18F3N3O3. The van der Waals surface area contributed by atoms with Crippen molar-refractivity contribution >= 4 is 17.4 Å². The normalized spacial score (nSPS) is 10.7. The zero-order valence-electron chi connectivity index (χ0n) is 14.2. The number of aryl methyl sites for hydroxylation is 2. The van der Waals surface area contributed by atoms with Crippen molar-refractivity contribution in [1.82, 2.24) is 10.5 Å². The Morgan fingerprint density at radius 3 is 2.62 bits per heavy atom. The number of hydrogen-bond acceptors (Lipinski definition) is 5. The van der Waals surface area contributed by atoms with E-state index in [0.717, 1.165) is 5.56 Å². The third kappa shape index (κ3) is 4.50. The number of anilines is 2. The van der Waals surface area contributed by atoms with Gasteiger partial charge in [0, 0.05) is 12.8 Å². The molecule has 2 rings (SSSR count). The molecule has 6 nitrogen and oxygen atoms in total. The molecular weight excluding hydrogens is 351 g/mol. The highest BCUT2D eigenvalue weighted by Gasteiger charge is 2.24. The van der Waals surface area contributed by atoms with E-state index >= 15 is 0 Å². The predicted octanol–water partition coefficient (Wildman–Crippen LogP) is 2.90. The molecule has 0 aliphatic heterocycles. The molecule has 2 aromatic rings. The maximum Gasteiger partial charge on any atom is 0.277 e. The third-order valence-corrected chi connectivity index (χ3v) is 3.43. The van der Waals surface area contributed by atoms with Gasteiger partial charge in [0.25, 0.3) is 5.91 Å². The highest BCUT2D eigenvalue weighted by Crippen LogP contribution is 2.29. The van der Waals surface area contributed by atoms with Gasteiger partial charge in [-0.2, -0.15) is 0 Å². The molecule has 9 heteroatoms. The second-order valence-electron chi connectivity index (χ2n) is 5.57. The average molecular weight is 369 g/mol. The minimum atomic E-state index is -1.71. The molecule has 0 fully saturated rings. The van der Waals surface area contributed by atoms with Crippen molar-refractivity contribution in [2.45, 2.75) is 20.3 Å². The van der Waals surface area contributed by atoms with Crippen LogP contribution in [0.2, 0.25) is 0 Å². The van der Waals surface area contributed by atoms with Crippen molar-refractivity contribution in [3.8, 4) is 0 Å². The smallest absolute Gasteiger partial charge is 0.277 e. The highest BCUT2D eigenvalue weighted by molar-refractivity contribution is 6.00. The Kier molecular flexibility index (Phi) is 6.53. The molecule has 0 saturated carbocycles. The predicted molar refractivity (Wildman–Crippen MR) is 88.4 cm³/mol. The molecule has 0 unspecified atom stereocenters. The molecule has 0 spiro atoms. The Labute approximate surface area is 148 Å². The van der Waals surface area contributed by atoms with E-state index in [4.69, 9.17) is 9.94 Å². The average Bonchev–Trinajstić information content (AvgIpc) is 2.60. The van der Waals surface area contributed by atoms with E-state index in [2.05, 4.69) is 10.3 Å². The molecule has 1 aromatic heterocycles. The Morgan fingerprint density at radius 1 is 1.23 bits per heavy atom. The summed E-state index contributed by atoms with van der Waals surface area (Å²) in [6.45, 7) is 3.35. The van der Waals surface area contributed by atoms with Gasteiger partial charge >= 0.3 is 0 Å². The molecule has 0 saturated heterocycles. The number of amides is 1. The molecule has 0 bridgehead atoms. The number of aromatic nitrogens is 1. The Morgan fingerprint density at radius 2 is 1.96 bits per heavy atom. The number of aliphatic hydroxyl groups is 1. The fourth-order valence-electron chi connectivity index (χ4n) is 2.17. The van der Waals surface area contributed by atoms with Crippen LogP contribution >= 0.6 is 0 Å². The summed E-state index contributed by atoms with van der Waals surface area (Å²) < 4.78 is 41.5. The minimum absolute atomic E-state index is 0.00418. The Hall–Kier alpha value is -2.65. The lowest BCUT2D eigenvalue weighted by Gasteiger charge is -2.15. The monoisotopic (exact) mass is 369 g/mol. The molecule has 26 heavy (non-hydrogen) atoms. The van der Waals surface area contributed by atoms with Crippen molar-refractivity contribution in [3.63, 3.8) is 0 Å². The van der Waals surface area contributed by atoms with E-state index in [1.165, 1.54) is 6.20 Å². The minimum Gasteiger partial charge on any atom is -0.396 e. The number of carbonyl (C=O) groups excluding carboxylic acids is 1. The lowest BCUT2D eigenvalue weighted by Crippen LogP contribution is -2.26. The topological polar surface area (TPSA) is 83.5 Å². The van der Waals surface area contributed by atoms with Crippen LogP contribution in [0, 0.1) is 31.3 Å². The van der Waals surface area contributed by atoms with Crippen molar-refractivity contribution in [2.24, 2.45) is 0 Å². The van der Waals surface area contributed by atoms with Crippen molar-refractivity contribution < 1.29 is 27.9 Å². The second kappa shape index (κ2) is 8.63. The largest absolute Gasteiger partial charge is 0.396 e. The van der Waals surface area contributed by atoms with Gasteiger partial charge in [-0.1, -0.05) is 6.07 Å². The molecule has 1 amide bonds. The maximum absolute atomic E-state index is 14.3. The lowest BCUT2D eigenvalue weighted by atomic mass is 10.1. The van der Waals surface area contributed by atoms with Crippen molar-refractivity contribution in [1.29, 1.82) is 0 Å². The van der Waals surface area contributed by atoms with E-state index in [1.807, 2.05) is 12.4 Å². The van der Waals surface area contributed by atoms with Crippen LogP contribution in [-0.2, 0) is 4.84 Å². The van der Waals surface area contributed by atoms with Gasteiger partial charge < -0.3 is 10.4 Å². The van der Waals surface area contributed by atoms with Crippen LogP contribution in [0.4, 0.5) is 24.7 Å². The molecule has 3 N–H and O–H groups in total.